The van der Waals surface area contributed by atoms with Crippen molar-refractivity contribution in [3.63, 3.8) is 0 Å². The Kier molecular flexibility index (Phi) is 4.60. The van der Waals surface area contributed by atoms with Crippen molar-refractivity contribution in [2.24, 2.45) is 0 Å². The van der Waals surface area contributed by atoms with Crippen LogP contribution in [0.15, 0.2) is 46.2 Å². The first-order valence-corrected chi connectivity index (χ1v) is 5.97. The van der Waals surface area contributed by atoms with Gasteiger partial charge in [-0.3, -0.25) is 0 Å². The number of rotatable bonds is 4. The third-order valence-electron chi connectivity index (χ3n) is 2.39. The molecule has 0 aliphatic rings. The number of hydrogen-bond donors (Lipinski definition) is 1. The molecule has 0 saturated heterocycles. The fraction of sp³-hybridized carbons (Fsp3) is 0.308. The molecule has 0 radical (unpaired) electrons. The van der Waals surface area contributed by atoms with E-state index >= 15 is 0 Å². The van der Waals surface area contributed by atoms with E-state index < -0.39 is 5.60 Å². The smallest absolute Gasteiger partial charge is 0.0934 e. The first kappa shape index (κ1) is 12.8. The summed E-state index contributed by atoms with van der Waals surface area (Å²) in [6.07, 6.45) is 2.00. The molecule has 0 spiro atoms. The monoisotopic (exact) mass is 233 g/mol. The van der Waals surface area contributed by atoms with Gasteiger partial charge >= 0.3 is 0 Å². The molecule has 0 aliphatic heterocycles. The molecular weight excluding hydrogens is 218 g/mol. The van der Waals surface area contributed by atoms with E-state index in [1.54, 1.807) is 6.92 Å². The Bertz CT molecular complexity index is 404. The van der Waals surface area contributed by atoms with Gasteiger partial charge in [0.25, 0.3) is 0 Å². The van der Waals surface area contributed by atoms with Gasteiger partial charge in [0.15, 0.2) is 0 Å². The van der Waals surface area contributed by atoms with Crippen LogP contribution < -0.4 is 0 Å². The maximum Gasteiger partial charge on any atom is 0.0934 e. The van der Waals surface area contributed by atoms with Crippen molar-refractivity contribution >= 4 is 11.8 Å². The zero-order valence-corrected chi connectivity index (χ0v) is 10.3. The van der Waals surface area contributed by atoms with Crippen molar-refractivity contribution in [1.82, 2.24) is 0 Å². The standard InChI is InChI=1S/C13H15NOS/c1-3-13(2,15)12(9-10-14)16-11-7-5-4-6-8-11/h4-9,15H,3H2,1-2H3. The molecule has 1 unspecified atom stereocenters. The topological polar surface area (TPSA) is 44.0 Å². The molecule has 1 aromatic rings. The Morgan fingerprint density at radius 3 is 2.62 bits per heavy atom. The lowest BCUT2D eigenvalue weighted by Gasteiger charge is -2.23. The van der Waals surface area contributed by atoms with Gasteiger partial charge in [0.1, 0.15) is 0 Å². The minimum atomic E-state index is -0.934. The van der Waals surface area contributed by atoms with Gasteiger partial charge in [0, 0.05) is 15.9 Å². The molecule has 1 aromatic carbocycles. The number of nitrogens with zero attached hydrogens (tertiary/aromatic N) is 1. The highest BCUT2D eigenvalue weighted by molar-refractivity contribution is 8.03. The van der Waals surface area contributed by atoms with E-state index in [0.717, 1.165) is 4.90 Å². The minimum absolute atomic E-state index is 0.584. The molecule has 0 fully saturated rings. The molecule has 0 aromatic heterocycles. The molecule has 0 saturated carbocycles. The zero-order chi connectivity index (χ0) is 12.0. The van der Waals surface area contributed by atoms with Crippen molar-refractivity contribution in [3.05, 3.63) is 41.3 Å². The van der Waals surface area contributed by atoms with Crippen LogP contribution in [0.3, 0.4) is 0 Å². The van der Waals surface area contributed by atoms with Gasteiger partial charge in [0.2, 0.25) is 0 Å². The molecule has 0 aliphatic carbocycles. The molecule has 1 rings (SSSR count). The van der Waals surface area contributed by atoms with E-state index in [1.165, 1.54) is 17.8 Å². The Hall–Kier alpha value is -1.24. The number of benzene rings is 1. The highest BCUT2D eigenvalue weighted by Crippen LogP contribution is 2.35. The van der Waals surface area contributed by atoms with Crippen LogP contribution in [0.4, 0.5) is 0 Å². The fourth-order valence-electron chi connectivity index (χ4n) is 1.14. The predicted molar refractivity (Wildman–Crippen MR) is 66.9 cm³/mol. The van der Waals surface area contributed by atoms with E-state index in [1.807, 2.05) is 43.3 Å². The van der Waals surface area contributed by atoms with Crippen LogP contribution in [0.2, 0.25) is 0 Å². The molecular formula is C13H15NOS. The maximum absolute atomic E-state index is 10.1. The van der Waals surface area contributed by atoms with Crippen molar-refractivity contribution in [3.8, 4) is 6.07 Å². The second-order valence-electron chi connectivity index (χ2n) is 3.68. The van der Waals surface area contributed by atoms with E-state index in [0.29, 0.717) is 11.3 Å². The normalized spacial score (nSPS) is 15.2. The maximum atomic E-state index is 10.1. The van der Waals surface area contributed by atoms with Crippen LogP contribution in [0.1, 0.15) is 20.3 Å². The van der Waals surface area contributed by atoms with Gasteiger partial charge in [-0.25, -0.2) is 0 Å². The SMILES string of the molecule is CCC(C)(O)C(=CC#N)Sc1ccccc1. The van der Waals surface area contributed by atoms with E-state index in [2.05, 4.69) is 0 Å². The predicted octanol–water partition coefficient (Wildman–Crippen LogP) is 3.35. The van der Waals surface area contributed by atoms with Crippen LogP contribution in [-0.2, 0) is 0 Å². The lowest BCUT2D eigenvalue weighted by molar-refractivity contribution is 0.104. The first-order valence-electron chi connectivity index (χ1n) is 5.15. The molecule has 16 heavy (non-hydrogen) atoms. The average molecular weight is 233 g/mol. The Labute approximate surface area is 101 Å². The summed E-state index contributed by atoms with van der Waals surface area (Å²) in [5.41, 5.74) is -0.934. The minimum Gasteiger partial charge on any atom is -0.385 e. The van der Waals surface area contributed by atoms with Gasteiger partial charge in [-0.1, -0.05) is 36.9 Å². The second-order valence-corrected chi connectivity index (χ2v) is 4.80. The largest absolute Gasteiger partial charge is 0.385 e. The second kappa shape index (κ2) is 5.74. The van der Waals surface area contributed by atoms with Crippen LogP contribution in [0.25, 0.3) is 0 Å². The average Bonchev–Trinajstić information content (AvgIpc) is 2.30. The number of aliphatic hydroxyl groups is 1. The number of allylic oxidation sites excluding steroid dienone is 1. The number of nitriles is 1. The van der Waals surface area contributed by atoms with Crippen molar-refractivity contribution < 1.29 is 5.11 Å². The summed E-state index contributed by atoms with van der Waals surface area (Å²) in [4.78, 5) is 1.71. The third-order valence-corrected chi connectivity index (χ3v) is 3.67. The molecule has 3 heteroatoms. The summed E-state index contributed by atoms with van der Waals surface area (Å²) in [7, 11) is 0. The van der Waals surface area contributed by atoms with Gasteiger partial charge in [-0.2, -0.15) is 5.26 Å². The molecule has 0 heterocycles. The summed E-state index contributed by atoms with van der Waals surface area (Å²) in [5.74, 6) is 0. The summed E-state index contributed by atoms with van der Waals surface area (Å²) in [5, 5.41) is 18.9. The molecule has 1 atom stereocenters. The third kappa shape index (κ3) is 3.41. The summed E-state index contributed by atoms with van der Waals surface area (Å²) < 4.78 is 0. The summed E-state index contributed by atoms with van der Waals surface area (Å²) >= 11 is 1.43. The van der Waals surface area contributed by atoms with Crippen LogP contribution in [0, 0.1) is 11.3 Å². The fourth-order valence-corrected chi connectivity index (χ4v) is 2.17. The molecule has 84 valence electrons. The van der Waals surface area contributed by atoms with Crippen LogP contribution in [-0.4, -0.2) is 10.7 Å². The molecule has 0 bridgehead atoms. The lowest BCUT2D eigenvalue weighted by atomic mass is 10.0. The Balaban J connectivity index is 2.91. The van der Waals surface area contributed by atoms with Gasteiger partial charge < -0.3 is 5.11 Å². The Morgan fingerprint density at radius 2 is 2.12 bits per heavy atom. The molecule has 0 amide bonds. The number of thioether (sulfide) groups is 1. The summed E-state index contributed by atoms with van der Waals surface area (Å²) in [6.45, 7) is 3.63. The van der Waals surface area contributed by atoms with Gasteiger partial charge in [-0.15, -0.1) is 0 Å². The van der Waals surface area contributed by atoms with Crippen molar-refractivity contribution in [1.29, 1.82) is 5.26 Å². The van der Waals surface area contributed by atoms with E-state index in [9.17, 15) is 5.11 Å². The van der Waals surface area contributed by atoms with Crippen LogP contribution >= 0.6 is 11.8 Å². The zero-order valence-electron chi connectivity index (χ0n) is 9.47. The first-order chi connectivity index (χ1) is 7.60. The van der Waals surface area contributed by atoms with Gasteiger partial charge in [0.05, 0.1) is 11.7 Å². The van der Waals surface area contributed by atoms with E-state index in [4.69, 9.17) is 5.26 Å². The highest BCUT2D eigenvalue weighted by Gasteiger charge is 2.24. The van der Waals surface area contributed by atoms with Crippen molar-refractivity contribution in [2.45, 2.75) is 30.8 Å². The quantitative estimate of drug-likeness (QED) is 0.640. The Morgan fingerprint density at radius 1 is 1.50 bits per heavy atom. The molecule has 1 N–H and O–H groups in total. The highest BCUT2D eigenvalue weighted by atomic mass is 32.2. The van der Waals surface area contributed by atoms with E-state index in [-0.39, 0.29) is 0 Å². The van der Waals surface area contributed by atoms with Gasteiger partial charge in [-0.05, 0) is 25.5 Å². The lowest BCUT2D eigenvalue weighted by Crippen LogP contribution is -2.24. The molecule has 2 nitrogen and oxygen atoms in total. The van der Waals surface area contributed by atoms with Crippen molar-refractivity contribution in [2.75, 3.05) is 0 Å². The number of hydrogen-bond acceptors (Lipinski definition) is 3. The summed E-state index contributed by atoms with van der Waals surface area (Å²) in [6, 6.07) is 11.7. The van der Waals surface area contributed by atoms with Crippen LogP contribution in [0.5, 0.6) is 0 Å².